The van der Waals surface area contributed by atoms with E-state index in [9.17, 15) is 57.5 Å². The van der Waals surface area contributed by atoms with Gasteiger partial charge in [0.25, 0.3) is 0 Å². The van der Waals surface area contributed by atoms with Crippen LogP contribution < -0.4 is 0 Å². The molecule has 0 N–H and O–H groups in total. The van der Waals surface area contributed by atoms with E-state index in [1.54, 1.807) is 0 Å². The zero-order chi connectivity index (χ0) is 26.5. The molecular weight excluding hydrogens is 521 g/mol. The number of halogens is 9. The molecule has 18 heteroatoms. The first-order chi connectivity index (χ1) is 15.2. The monoisotopic (exact) mass is 537 g/mol. The van der Waals surface area contributed by atoms with E-state index in [2.05, 4.69) is 8.92 Å². The molecule has 8 nitrogen and oxygen atoms in total. The second-order valence-corrected chi connectivity index (χ2v) is 8.93. The molecule has 0 aromatic rings. The van der Waals surface area contributed by atoms with Gasteiger partial charge in [-0.1, -0.05) is 6.92 Å². The molecule has 0 spiro atoms. The normalized spacial score (nSPS) is 25.1. The number of alkyl halides is 9. The third kappa shape index (κ3) is 4.40. The number of methoxy groups -OCH3 is 1. The molecular formula is C16H16F9NO7S. The molecule has 196 valence electrons. The van der Waals surface area contributed by atoms with Gasteiger partial charge >= 0.3 is 39.5 Å². The molecule has 1 fully saturated rings. The highest BCUT2D eigenvalue weighted by atomic mass is 32.2. The number of hydrogen-bond donors (Lipinski definition) is 0. The fraction of sp³-hybridized carbons (Fsp3) is 0.750. The van der Waals surface area contributed by atoms with E-state index in [1.807, 2.05) is 0 Å². The van der Waals surface area contributed by atoms with E-state index in [0.29, 0.717) is 11.0 Å². The number of rotatable bonds is 7. The zero-order valence-corrected chi connectivity index (χ0v) is 17.9. The van der Waals surface area contributed by atoms with E-state index in [1.165, 1.54) is 6.92 Å². The predicted octanol–water partition coefficient (Wildman–Crippen LogP) is 3.29. The maximum absolute atomic E-state index is 13.9. The Balaban J connectivity index is 2.36. The Bertz CT molecular complexity index is 964. The Hall–Kier alpha value is -2.24. The van der Waals surface area contributed by atoms with Gasteiger partial charge in [0.2, 0.25) is 5.91 Å². The van der Waals surface area contributed by atoms with Crippen molar-refractivity contribution in [1.82, 2.24) is 4.90 Å². The van der Waals surface area contributed by atoms with Crippen LogP contribution in [0.25, 0.3) is 0 Å². The number of amides is 2. The summed E-state index contributed by atoms with van der Waals surface area (Å²) in [5.41, 5.74) is 0. The third-order valence-electron chi connectivity index (χ3n) is 5.07. The van der Waals surface area contributed by atoms with Crippen LogP contribution >= 0.6 is 0 Å². The smallest absolute Gasteiger partial charge is 0.447 e. The van der Waals surface area contributed by atoms with Gasteiger partial charge in [0.1, 0.15) is 12.4 Å². The minimum Gasteiger partial charge on any atom is -0.447 e. The van der Waals surface area contributed by atoms with Crippen LogP contribution in [-0.2, 0) is 28.6 Å². The van der Waals surface area contributed by atoms with Gasteiger partial charge in [0.15, 0.2) is 0 Å². The van der Waals surface area contributed by atoms with Crippen LogP contribution in [0.4, 0.5) is 44.3 Å². The van der Waals surface area contributed by atoms with Crippen molar-refractivity contribution in [2.75, 3.05) is 20.3 Å². The summed E-state index contributed by atoms with van der Waals surface area (Å²) in [5.74, 6) is -19.2. The SMILES string of the molecule is CO[C@H]1C=C(OS(=O)(=O)C(F)(F)C(F)(F)C(F)(F)C(F)(F)F)C[C@@H](C)[C@@H]1C(=O)N1CCOC1=O. The fourth-order valence-corrected chi connectivity index (χ4v) is 4.22. The minimum absolute atomic E-state index is 0.127. The van der Waals surface area contributed by atoms with Crippen molar-refractivity contribution in [3.05, 3.63) is 11.8 Å². The Morgan fingerprint density at radius 1 is 1.09 bits per heavy atom. The average Bonchev–Trinajstić information content (AvgIpc) is 3.11. The number of cyclic esters (lactones) is 1. The number of carbonyl (C=O) groups excluding carboxylic acids is 2. The van der Waals surface area contributed by atoms with E-state index in [4.69, 9.17) is 4.74 Å². The van der Waals surface area contributed by atoms with Gasteiger partial charge in [0.05, 0.1) is 18.6 Å². The average molecular weight is 537 g/mol. The van der Waals surface area contributed by atoms with Crippen LogP contribution in [0, 0.1) is 11.8 Å². The standard InChI is InChI=1S/C16H16F9NO7S/c1-7-5-8(6-9(31-2)10(7)11(27)26-3-4-32-12(26)28)33-34(29,30)16(24,25)14(19,20)13(17,18)15(21,22)23/h6-7,9-10H,3-5H2,1-2H3/t7-,9+,10+/m1/s1. The van der Waals surface area contributed by atoms with Crippen molar-refractivity contribution in [3.8, 4) is 0 Å². The number of imide groups is 1. The molecule has 0 saturated carbocycles. The molecule has 2 aliphatic rings. The van der Waals surface area contributed by atoms with Crippen LogP contribution in [-0.4, -0.2) is 75.0 Å². The molecule has 2 rings (SSSR count). The Morgan fingerprint density at radius 3 is 2.09 bits per heavy atom. The Morgan fingerprint density at radius 2 is 1.65 bits per heavy atom. The predicted molar refractivity (Wildman–Crippen MR) is 90.1 cm³/mol. The van der Waals surface area contributed by atoms with Gasteiger partial charge in [-0.05, 0) is 12.0 Å². The molecule has 1 aliphatic heterocycles. The van der Waals surface area contributed by atoms with Gasteiger partial charge in [-0.15, -0.1) is 0 Å². The highest BCUT2D eigenvalue weighted by Crippen LogP contribution is 2.55. The molecule has 0 bridgehead atoms. The minimum atomic E-state index is -7.45. The maximum atomic E-state index is 13.9. The van der Waals surface area contributed by atoms with Crippen molar-refractivity contribution in [1.29, 1.82) is 0 Å². The molecule has 1 saturated heterocycles. The molecule has 34 heavy (non-hydrogen) atoms. The summed E-state index contributed by atoms with van der Waals surface area (Å²) in [5, 5.41) is -7.03. The second kappa shape index (κ2) is 8.76. The summed E-state index contributed by atoms with van der Waals surface area (Å²) in [6.45, 7) is 0.953. The lowest BCUT2D eigenvalue weighted by Crippen LogP contribution is -2.63. The van der Waals surface area contributed by atoms with Crippen LogP contribution in [0.1, 0.15) is 13.3 Å². The lowest BCUT2D eigenvalue weighted by Gasteiger charge is -2.35. The molecule has 0 unspecified atom stereocenters. The van der Waals surface area contributed by atoms with Gasteiger partial charge < -0.3 is 13.7 Å². The summed E-state index contributed by atoms with van der Waals surface area (Å²) < 4.78 is 154. The molecule has 0 radical (unpaired) electrons. The Labute approximate surface area is 185 Å². The highest BCUT2D eigenvalue weighted by molar-refractivity contribution is 7.88. The second-order valence-electron chi connectivity index (χ2n) is 7.35. The first-order valence-corrected chi connectivity index (χ1v) is 10.5. The maximum Gasteiger partial charge on any atom is 0.460 e. The Kier molecular flexibility index (Phi) is 7.22. The number of allylic oxidation sites excluding steroid dienone is 1. The number of ether oxygens (including phenoxy) is 2. The molecule has 3 atom stereocenters. The first-order valence-electron chi connectivity index (χ1n) is 9.08. The highest BCUT2D eigenvalue weighted by Gasteiger charge is 2.86. The van der Waals surface area contributed by atoms with Crippen LogP contribution in [0.5, 0.6) is 0 Å². The number of hydrogen-bond acceptors (Lipinski definition) is 7. The molecule has 2 amide bonds. The van der Waals surface area contributed by atoms with Gasteiger partial charge in [-0.25, -0.2) is 9.69 Å². The number of nitrogens with zero attached hydrogens (tertiary/aromatic N) is 1. The molecule has 0 aromatic heterocycles. The first kappa shape index (κ1) is 28.0. The quantitative estimate of drug-likeness (QED) is 0.363. The topological polar surface area (TPSA) is 99.2 Å². The fourth-order valence-electron chi connectivity index (χ4n) is 3.27. The van der Waals surface area contributed by atoms with E-state index in [-0.39, 0.29) is 13.2 Å². The van der Waals surface area contributed by atoms with Gasteiger partial charge in [0, 0.05) is 13.5 Å². The largest absolute Gasteiger partial charge is 0.460 e. The van der Waals surface area contributed by atoms with Crippen LogP contribution in [0.3, 0.4) is 0 Å². The zero-order valence-electron chi connectivity index (χ0n) is 17.0. The number of carbonyl (C=O) groups is 2. The van der Waals surface area contributed by atoms with Gasteiger partial charge in [-0.3, -0.25) is 4.79 Å². The van der Waals surface area contributed by atoms with E-state index in [0.717, 1.165) is 7.11 Å². The third-order valence-corrected chi connectivity index (χ3v) is 6.39. The van der Waals surface area contributed by atoms with E-state index >= 15 is 0 Å². The van der Waals surface area contributed by atoms with E-state index < -0.39 is 75.5 Å². The lowest BCUT2D eigenvalue weighted by molar-refractivity contribution is -0.382. The molecule has 0 aromatic carbocycles. The summed E-state index contributed by atoms with van der Waals surface area (Å²) in [6, 6.07) is 0. The van der Waals surface area contributed by atoms with Crippen molar-refractivity contribution in [2.24, 2.45) is 11.8 Å². The van der Waals surface area contributed by atoms with Crippen molar-refractivity contribution in [2.45, 2.75) is 42.7 Å². The summed E-state index contributed by atoms with van der Waals surface area (Å²) in [6.07, 6.45) is -9.90. The summed E-state index contributed by atoms with van der Waals surface area (Å²) >= 11 is 0. The van der Waals surface area contributed by atoms with Gasteiger partial charge in [-0.2, -0.15) is 47.9 Å². The van der Waals surface area contributed by atoms with Crippen LogP contribution in [0.15, 0.2) is 11.8 Å². The molecule has 1 heterocycles. The summed E-state index contributed by atoms with van der Waals surface area (Å²) in [7, 11) is -6.18. The summed E-state index contributed by atoms with van der Waals surface area (Å²) in [4.78, 5) is 24.9. The van der Waals surface area contributed by atoms with Crippen molar-refractivity contribution >= 4 is 22.1 Å². The lowest BCUT2D eigenvalue weighted by atomic mass is 9.80. The van der Waals surface area contributed by atoms with Crippen molar-refractivity contribution < 1.29 is 71.2 Å². The van der Waals surface area contributed by atoms with Crippen LogP contribution in [0.2, 0.25) is 0 Å². The molecule has 1 aliphatic carbocycles. The van der Waals surface area contributed by atoms with Crippen molar-refractivity contribution in [3.63, 3.8) is 0 Å².